The number of hydrogen-bond acceptors (Lipinski definition) is 4. The normalized spacial score (nSPS) is 11.3. The first-order chi connectivity index (χ1) is 12.5. The number of nitrogens with zero attached hydrogens (tertiary/aromatic N) is 2. The second kappa shape index (κ2) is 9.62. The van der Waals surface area contributed by atoms with Gasteiger partial charge in [-0.2, -0.15) is 5.26 Å². The molecule has 0 saturated carbocycles. The number of rotatable bonds is 8. The highest BCUT2D eigenvalue weighted by atomic mass is 16.6. The van der Waals surface area contributed by atoms with Crippen molar-refractivity contribution < 1.29 is 9.57 Å². The Morgan fingerprint density at radius 3 is 2.31 bits per heavy atom. The van der Waals surface area contributed by atoms with Gasteiger partial charge in [-0.15, -0.1) is 0 Å². The Kier molecular flexibility index (Phi) is 7.23. The molecule has 2 aromatic rings. The maximum Gasteiger partial charge on any atom is 0.120 e. The molecule has 0 fully saturated rings. The summed E-state index contributed by atoms with van der Waals surface area (Å²) in [6, 6.07) is 18.0. The fourth-order valence-corrected chi connectivity index (χ4v) is 2.33. The molecule has 0 N–H and O–H groups in total. The van der Waals surface area contributed by atoms with Crippen LogP contribution in [0.15, 0.2) is 53.7 Å². The number of nitriles is 1. The van der Waals surface area contributed by atoms with Gasteiger partial charge in [0.05, 0.1) is 25.3 Å². The van der Waals surface area contributed by atoms with Crippen LogP contribution in [-0.4, -0.2) is 19.4 Å². The Labute approximate surface area is 156 Å². The average molecular weight is 350 g/mol. The molecule has 0 aliphatic heterocycles. The second-order valence-electron chi connectivity index (χ2n) is 7.12. The Hall–Kier alpha value is -2.80. The maximum absolute atomic E-state index is 8.64. The minimum Gasteiger partial charge on any atom is -0.493 e. The molecule has 2 rings (SSSR count). The number of oxime groups is 1. The Balaban J connectivity index is 1.64. The standard InChI is InChI=1S/C22H26N2O2/c1-22(2,3)20-9-5-19(6-10-20)17-24-26-16-4-15-25-21-11-7-18(8-12-21)13-14-23/h5-12,17H,4,13,15-16H2,1-3H3. The third kappa shape index (κ3) is 6.60. The third-order valence-corrected chi connectivity index (χ3v) is 3.91. The van der Waals surface area contributed by atoms with Crippen molar-refractivity contribution in [2.24, 2.45) is 5.16 Å². The first-order valence-electron chi connectivity index (χ1n) is 8.83. The average Bonchev–Trinajstić information content (AvgIpc) is 2.62. The van der Waals surface area contributed by atoms with E-state index >= 15 is 0 Å². The van der Waals surface area contributed by atoms with Gasteiger partial charge in [0.15, 0.2) is 0 Å². The van der Waals surface area contributed by atoms with Gasteiger partial charge in [0.1, 0.15) is 12.4 Å². The lowest BCUT2D eigenvalue weighted by molar-refractivity contribution is 0.129. The summed E-state index contributed by atoms with van der Waals surface area (Å²) in [6.07, 6.45) is 2.90. The zero-order chi connectivity index (χ0) is 18.8. The van der Waals surface area contributed by atoms with Gasteiger partial charge >= 0.3 is 0 Å². The molecule has 4 nitrogen and oxygen atoms in total. The molecule has 2 aromatic carbocycles. The highest BCUT2D eigenvalue weighted by Crippen LogP contribution is 2.21. The van der Waals surface area contributed by atoms with Gasteiger partial charge in [-0.25, -0.2) is 0 Å². The Bertz CT molecular complexity index is 736. The molecule has 136 valence electrons. The topological polar surface area (TPSA) is 54.6 Å². The predicted octanol–water partition coefficient (Wildman–Crippen LogP) is 4.87. The summed E-state index contributed by atoms with van der Waals surface area (Å²) in [6.45, 7) is 7.66. The zero-order valence-corrected chi connectivity index (χ0v) is 15.7. The molecule has 0 spiro atoms. The van der Waals surface area contributed by atoms with E-state index < -0.39 is 0 Å². The molecule has 0 amide bonds. The minimum atomic E-state index is 0.155. The summed E-state index contributed by atoms with van der Waals surface area (Å²) in [5.74, 6) is 0.800. The van der Waals surface area contributed by atoms with Crippen molar-refractivity contribution in [3.05, 3.63) is 65.2 Å². The van der Waals surface area contributed by atoms with E-state index in [0.717, 1.165) is 23.3 Å². The van der Waals surface area contributed by atoms with E-state index in [9.17, 15) is 0 Å². The van der Waals surface area contributed by atoms with Crippen LogP contribution in [0.2, 0.25) is 0 Å². The summed E-state index contributed by atoms with van der Waals surface area (Å²) in [4.78, 5) is 5.28. The van der Waals surface area contributed by atoms with Gasteiger partial charge in [0, 0.05) is 6.42 Å². The lowest BCUT2D eigenvalue weighted by atomic mass is 9.87. The van der Waals surface area contributed by atoms with E-state index in [0.29, 0.717) is 19.6 Å². The van der Waals surface area contributed by atoms with Crippen molar-refractivity contribution in [3.8, 4) is 11.8 Å². The fraction of sp³-hybridized carbons (Fsp3) is 0.364. The Morgan fingerprint density at radius 1 is 1.00 bits per heavy atom. The molecule has 0 aliphatic rings. The molecule has 0 aliphatic carbocycles. The molecule has 0 atom stereocenters. The van der Waals surface area contributed by atoms with E-state index in [4.69, 9.17) is 14.8 Å². The molecular formula is C22H26N2O2. The number of hydrogen-bond donors (Lipinski definition) is 0. The lowest BCUT2D eigenvalue weighted by Gasteiger charge is -2.18. The van der Waals surface area contributed by atoms with Crippen molar-refractivity contribution in [1.82, 2.24) is 0 Å². The molecule has 0 heterocycles. The van der Waals surface area contributed by atoms with Crippen LogP contribution in [0.4, 0.5) is 0 Å². The molecule has 0 saturated heterocycles. The van der Waals surface area contributed by atoms with Crippen LogP contribution >= 0.6 is 0 Å². The number of benzene rings is 2. The summed E-state index contributed by atoms with van der Waals surface area (Å²) in [7, 11) is 0. The summed E-state index contributed by atoms with van der Waals surface area (Å²) in [5.41, 5.74) is 3.47. The monoisotopic (exact) mass is 350 g/mol. The molecule has 0 unspecified atom stereocenters. The van der Waals surface area contributed by atoms with Crippen LogP contribution in [0.1, 0.15) is 43.9 Å². The smallest absolute Gasteiger partial charge is 0.120 e. The van der Waals surface area contributed by atoms with Crippen LogP contribution in [0.3, 0.4) is 0 Å². The van der Waals surface area contributed by atoms with Gasteiger partial charge in [0.2, 0.25) is 0 Å². The van der Waals surface area contributed by atoms with Gasteiger partial charge in [-0.05, 0) is 34.2 Å². The highest BCUT2D eigenvalue weighted by molar-refractivity contribution is 5.79. The van der Waals surface area contributed by atoms with E-state index in [-0.39, 0.29) is 5.41 Å². The maximum atomic E-state index is 8.64. The van der Waals surface area contributed by atoms with E-state index in [1.54, 1.807) is 6.21 Å². The van der Waals surface area contributed by atoms with Crippen LogP contribution < -0.4 is 4.74 Å². The molecule has 0 radical (unpaired) electrons. The van der Waals surface area contributed by atoms with Gasteiger partial charge in [-0.3, -0.25) is 0 Å². The predicted molar refractivity (Wildman–Crippen MR) is 105 cm³/mol. The minimum absolute atomic E-state index is 0.155. The van der Waals surface area contributed by atoms with Crippen LogP contribution in [0.25, 0.3) is 0 Å². The largest absolute Gasteiger partial charge is 0.493 e. The summed E-state index contributed by atoms with van der Waals surface area (Å²) in [5, 5.41) is 12.6. The van der Waals surface area contributed by atoms with Crippen LogP contribution in [0, 0.1) is 11.3 Å². The van der Waals surface area contributed by atoms with Crippen molar-refractivity contribution in [2.45, 2.75) is 39.0 Å². The lowest BCUT2D eigenvalue weighted by Crippen LogP contribution is -2.10. The molecule has 4 heteroatoms. The number of ether oxygens (including phenoxy) is 1. The van der Waals surface area contributed by atoms with E-state index in [1.165, 1.54) is 5.56 Å². The van der Waals surface area contributed by atoms with Crippen LogP contribution in [-0.2, 0) is 16.7 Å². The summed E-state index contributed by atoms with van der Waals surface area (Å²) < 4.78 is 5.63. The van der Waals surface area contributed by atoms with Crippen molar-refractivity contribution >= 4 is 6.21 Å². The van der Waals surface area contributed by atoms with Gasteiger partial charge in [0.25, 0.3) is 0 Å². The molecule has 26 heavy (non-hydrogen) atoms. The zero-order valence-electron chi connectivity index (χ0n) is 15.7. The first kappa shape index (κ1) is 19.5. The first-order valence-corrected chi connectivity index (χ1v) is 8.83. The van der Waals surface area contributed by atoms with Gasteiger partial charge < -0.3 is 9.57 Å². The van der Waals surface area contributed by atoms with Crippen molar-refractivity contribution in [3.63, 3.8) is 0 Å². The molecular weight excluding hydrogens is 324 g/mol. The second-order valence-corrected chi connectivity index (χ2v) is 7.12. The quantitative estimate of drug-likeness (QED) is 0.388. The van der Waals surface area contributed by atoms with Crippen LogP contribution in [0.5, 0.6) is 5.75 Å². The van der Waals surface area contributed by atoms with Gasteiger partial charge in [-0.1, -0.05) is 62.3 Å². The fourth-order valence-electron chi connectivity index (χ4n) is 2.33. The molecule has 0 aromatic heterocycles. The van der Waals surface area contributed by atoms with E-state index in [2.05, 4.69) is 44.1 Å². The van der Waals surface area contributed by atoms with E-state index in [1.807, 2.05) is 36.4 Å². The highest BCUT2D eigenvalue weighted by Gasteiger charge is 2.12. The van der Waals surface area contributed by atoms with Crippen molar-refractivity contribution in [2.75, 3.05) is 13.2 Å². The van der Waals surface area contributed by atoms with Crippen molar-refractivity contribution in [1.29, 1.82) is 5.26 Å². The summed E-state index contributed by atoms with van der Waals surface area (Å²) >= 11 is 0. The molecule has 0 bridgehead atoms. The third-order valence-electron chi connectivity index (χ3n) is 3.91. The SMILES string of the molecule is CC(C)(C)c1ccc(C=NOCCCOc2ccc(CC#N)cc2)cc1. The Morgan fingerprint density at radius 2 is 1.69 bits per heavy atom.